The fourth-order valence-corrected chi connectivity index (χ4v) is 3.43. The molecule has 2 amide bonds. The molecular formula is C22H25N3O4. The lowest BCUT2D eigenvalue weighted by molar-refractivity contribution is -0.138. The van der Waals surface area contributed by atoms with Crippen LogP contribution in [0.3, 0.4) is 0 Å². The van der Waals surface area contributed by atoms with Crippen LogP contribution < -0.4 is 5.32 Å². The summed E-state index contributed by atoms with van der Waals surface area (Å²) < 4.78 is 0. The molecule has 0 bridgehead atoms. The maximum Gasteiger partial charge on any atom is 0.303 e. The number of aromatic nitrogens is 1. The van der Waals surface area contributed by atoms with E-state index in [1.165, 1.54) is 0 Å². The van der Waals surface area contributed by atoms with E-state index >= 15 is 0 Å². The van der Waals surface area contributed by atoms with Crippen LogP contribution in [0.5, 0.6) is 0 Å². The van der Waals surface area contributed by atoms with Crippen molar-refractivity contribution in [2.45, 2.75) is 38.1 Å². The molecule has 1 aromatic heterocycles. The molecule has 7 heteroatoms. The van der Waals surface area contributed by atoms with Crippen LogP contribution in [-0.4, -0.2) is 51.9 Å². The molecule has 0 saturated carbocycles. The van der Waals surface area contributed by atoms with Crippen molar-refractivity contribution in [3.8, 4) is 11.3 Å². The first-order valence-electron chi connectivity index (χ1n) is 9.87. The largest absolute Gasteiger partial charge is 0.481 e. The van der Waals surface area contributed by atoms with Crippen LogP contribution in [0.15, 0.2) is 48.7 Å². The van der Waals surface area contributed by atoms with Crippen molar-refractivity contribution in [1.82, 2.24) is 15.2 Å². The average Bonchev–Trinajstić information content (AvgIpc) is 2.77. The summed E-state index contributed by atoms with van der Waals surface area (Å²) in [5.41, 5.74) is 2.10. The number of nitrogens with one attached hydrogen (secondary N) is 1. The zero-order chi connectivity index (χ0) is 20.6. The van der Waals surface area contributed by atoms with Gasteiger partial charge in [0.1, 0.15) is 6.04 Å². The van der Waals surface area contributed by atoms with Crippen molar-refractivity contribution in [3.63, 3.8) is 0 Å². The van der Waals surface area contributed by atoms with Crippen molar-refractivity contribution < 1.29 is 19.5 Å². The van der Waals surface area contributed by atoms with E-state index in [9.17, 15) is 14.4 Å². The summed E-state index contributed by atoms with van der Waals surface area (Å²) in [5, 5.41) is 11.7. The number of benzene rings is 1. The minimum absolute atomic E-state index is 0.0719. The molecule has 1 atom stereocenters. The van der Waals surface area contributed by atoms with Gasteiger partial charge < -0.3 is 15.3 Å². The third-order valence-electron chi connectivity index (χ3n) is 5.03. The predicted octanol–water partition coefficient (Wildman–Crippen LogP) is 2.72. The van der Waals surface area contributed by atoms with Crippen LogP contribution in [-0.2, 0) is 9.59 Å². The third kappa shape index (κ3) is 5.63. The molecule has 2 aromatic rings. The van der Waals surface area contributed by atoms with E-state index in [0.29, 0.717) is 18.7 Å². The molecule has 152 valence electrons. The van der Waals surface area contributed by atoms with Crippen molar-refractivity contribution in [2.24, 2.45) is 0 Å². The van der Waals surface area contributed by atoms with Gasteiger partial charge in [0.15, 0.2) is 0 Å². The molecule has 0 radical (unpaired) electrons. The Morgan fingerprint density at radius 1 is 1.03 bits per heavy atom. The quantitative estimate of drug-likeness (QED) is 0.751. The lowest BCUT2D eigenvalue weighted by Crippen LogP contribution is -2.50. The van der Waals surface area contributed by atoms with Gasteiger partial charge in [-0.05, 0) is 49.9 Å². The first kappa shape index (κ1) is 20.5. The Kier molecular flexibility index (Phi) is 6.94. The summed E-state index contributed by atoms with van der Waals surface area (Å²) in [5.74, 6) is -1.59. The van der Waals surface area contributed by atoms with Gasteiger partial charge in [0.2, 0.25) is 5.91 Å². The maximum absolute atomic E-state index is 12.8. The van der Waals surface area contributed by atoms with E-state index in [4.69, 9.17) is 5.11 Å². The normalized spacial score (nSPS) is 14.8. The average molecular weight is 395 g/mol. The number of nitrogens with zero attached hydrogens (tertiary/aromatic N) is 2. The highest BCUT2D eigenvalue weighted by Crippen LogP contribution is 2.17. The fraction of sp³-hybridized carbons (Fsp3) is 0.364. The number of hydrogen-bond acceptors (Lipinski definition) is 4. The van der Waals surface area contributed by atoms with Crippen molar-refractivity contribution in [2.75, 3.05) is 13.1 Å². The Balaban J connectivity index is 1.69. The Labute approximate surface area is 169 Å². The second-order valence-corrected chi connectivity index (χ2v) is 7.14. The Morgan fingerprint density at radius 2 is 1.76 bits per heavy atom. The molecule has 0 aliphatic carbocycles. The molecule has 0 unspecified atom stereocenters. The zero-order valence-electron chi connectivity index (χ0n) is 16.2. The highest BCUT2D eigenvalue weighted by atomic mass is 16.4. The van der Waals surface area contributed by atoms with Crippen LogP contribution >= 0.6 is 0 Å². The number of amides is 2. The number of rotatable bonds is 7. The molecule has 0 spiro atoms. The summed E-state index contributed by atoms with van der Waals surface area (Å²) in [7, 11) is 0. The monoisotopic (exact) mass is 395 g/mol. The molecule has 1 aliphatic rings. The second-order valence-electron chi connectivity index (χ2n) is 7.14. The predicted molar refractivity (Wildman–Crippen MR) is 108 cm³/mol. The Morgan fingerprint density at radius 3 is 2.38 bits per heavy atom. The highest BCUT2D eigenvalue weighted by molar-refractivity contribution is 5.98. The summed E-state index contributed by atoms with van der Waals surface area (Å²) in [6.45, 7) is 1.30. The van der Waals surface area contributed by atoms with Gasteiger partial charge in [0.25, 0.3) is 5.91 Å². The van der Waals surface area contributed by atoms with E-state index in [0.717, 1.165) is 30.5 Å². The van der Waals surface area contributed by atoms with Gasteiger partial charge >= 0.3 is 5.97 Å². The molecule has 1 aromatic carbocycles. The lowest BCUT2D eigenvalue weighted by Gasteiger charge is -2.30. The summed E-state index contributed by atoms with van der Waals surface area (Å²) in [4.78, 5) is 42.5. The second kappa shape index (κ2) is 9.82. The van der Waals surface area contributed by atoms with Crippen molar-refractivity contribution >= 4 is 17.8 Å². The van der Waals surface area contributed by atoms with E-state index in [2.05, 4.69) is 10.3 Å². The van der Waals surface area contributed by atoms with Crippen molar-refractivity contribution in [1.29, 1.82) is 0 Å². The minimum Gasteiger partial charge on any atom is -0.481 e. The van der Waals surface area contributed by atoms with Crippen LogP contribution in [0.4, 0.5) is 0 Å². The molecule has 3 rings (SSSR count). The van der Waals surface area contributed by atoms with Gasteiger partial charge in [-0.25, -0.2) is 0 Å². The number of carbonyl (C=O) groups is 3. The molecule has 1 saturated heterocycles. The molecule has 7 nitrogen and oxygen atoms in total. The number of likely N-dealkylation sites (tertiary alicyclic amines) is 1. The molecule has 2 N–H and O–H groups in total. The lowest BCUT2D eigenvalue weighted by atomic mass is 10.0. The van der Waals surface area contributed by atoms with Gasteiger partial charge in [-0.15, -0.1) is 0 Å². The summed E-state index contributed by atoms with van der Waals surface area (Å²) >= 11 is 0. The van der Waals surface area contributed by atoms with E-state index in [1.54, 1.807) is 35.4 Å². The highest BCUT2D eigenvalue weighted by Gasteiger charge is 2.27. The number of carboxylic acid groups (broad SMARTS) is 1. The molecule has 2 heterocycles. The minimum atomic E-state index is -0.990. The van der Waals surface area contributed by atoms with Crippen LogP contribution in [0, 0.1) is 0 Å². The number of pyridine rings is 1. The molecule has 29 heavy (non-hydrogen) atoms. The standard InChI is InChI=1S/C22H25N3O4/c26-20(27)12-11-19(22(29)25-14-4-1-5-15-25)24-21(28)17-9-7-16(8-10-17)18-6-2-3-13-23-18/h2-3,6-10,13,19H,1,4-5,11-12,14-15H2,(H,24,28)(H,26,27)/t19-/m0/s1. The molecule has 1 fully saturated rings. The van der Waals surface area contributed by atoms with Gasteiger partial charge in [-0.2, -0.15) is 0 Å². The van der Waals surface area contributed by atoms with Gasteiger partial charge in [-0.3, -0.25) is 19.4 Å². The van der Waals surface area contributed by atoms with E-state index in [1.807, 2.05) is 18.2 Å². The van der Waals surface area contributed by atoms with E-state index < -0.39 is 17.9 Å². The number of hydrogen-bond donors (Lipinski definition) is 2. The molecular weight excluding hydrogens is 370 g/mol. The number of aliphatic carboxylic acids is 1. The van der Waals surface area contributed by atoms with Crippen molar-refractivity contribution in [3.05, 3.63) is 54.2 Å². The first-order valence-corrected chi connectivity index (χ1v) is 9.87. The zero-order valence-corrected chi connectivity index (χ0v) is 16.2. The van der Waals surface area contributed by atoms with Gasteiger partial charge in [0.05, 0.1) is 5.69 Å². The van der Waals surface area contributed by atoms with Crippen LogP contribution in [0.2, 0.25) is 0 Å². The topological polar surface area (TPSA) is 99.6 Å². The maximum atomic E-state index is 12.8. The van der Waals surface area contributed by atoms with Crippen LogP contribution in [0.25, 0.3) is 11.3 Å². The molecule has 1 aliphatic heterocycles. The smallest absolute Gasteiger partial charge is 0.303 e. The SMILES string of the molecule is O=C(O)CC[C@H](NC(=O)c1ccc(-c2ccccn2)cc1)C(=O)N1CCCCC1. The summed E-state index contributed by atoms with van der Waals surface area (Å²) in [6.07, 6.45) is 4.54. The fourth-order valence-electron chi connectivity index (χ4n) is 3.43. The third-order valence-corrected chi connectivity index (χ3v) is 5.03. The number of piperidine rings is 1. The Hall–Kier alpha value is -3.22. The Bertz CT molecular complexity index is 846. The first-order chi connectivity index (χ1) is 14.0. The van der Waals surface area contributed by atoms with Gasteiger partial charge in [0, 0.05) is 36.8 Å². The van der Waals surface area contributed by atoms with Crippen LogP contribution in [0.1, 0.15) is 42.5 Å². The number of carbonyl (C=O) groups excluding carboxylic acids is 2. The number of carboxylic acids is 1. The summed E-state index contributed by atoms with van der Waals surface area (Å²) in [6, 6.07) is 11.7. The van der Waals surface area contributed by atoms with E-state index in [-0.39, 0.29) is 18.7 Å². The van der Waals surface area contributed by atoms with Gasteiger partial charge in [-0.1, -0.05) is 18.2 Å².